The maximum Gasteiger partial charge on any atom is 0.111 e. The van der Waals surface area contributed by atoms with Gasteiger partial charge < -0.3 is 5.32 Å². The van der Waals surface area contributed by atoms with Gasteiger partial charge in [-0.3, -0.25) is 0 Å². The number of allylic oxidation sites excluding steroid dienone is 1. The smallest absolute Gasteiger partial charge is 0.111 e. The zero-order valence-electron chi connectivity index (χ0n) is 9.42. The van der Waals surface area contributed by atoms with Crippen molar-refractivity contribution in [2.45, 2.75) is 58.4 Å². The summed E-state index contributed by atoms with van der Waals surface area (Å²) < 4.78 is 0. The van der Waals surface area contributed by atoms with E-state index in [0.29, 0.717) is 0 Å². The highest BCUT2D eigenvalue weighted by Crippen LogP contribution is 2.04. The highest BCUT2D eigenvalue weighted by atomic mass is 14.9. The topological polar surface area (TPSA) is 35.8 Å². The molecular weight excluding hydrogens is 172 g/mol. The molecule has 0 heterocycles. The molecule has 0 rings (SSSR count). The molecule has 2 heteroatoms. The third-order valence-electron chi connectivity index (χ3n) is 2.13. The number of nitrogens with one attached hydrogen (secondary N) is 1. The van der Waals surface area contributed by atoms with E-state index in [4.69, 9.17) is 5.26 Å². The molecule has 0 radical (unpaired) electrons. The number of rotatable bonds is 8. The summed E-state index contributed by atoms with van der Waals surface area (Å²) in [6.07, 6.45) is 11.7. The summed E-state index contributed by atoms with van der Waals surface area (Å²) in [6.45, 7) is 4.08. The van der Waals surface area contributed by atoms with Crippen LogP contribution in [0, 0.1) is 11.3 Å². The van der Waals surface area contributed by atoms with E-state index in [1.165, 1.54) is 32.1 Å². The fraction of sp³-hybridized carbons (Fsp3) is 0.750. The fourth-order valence-corrected chi connectivity index (χ4v) is 1.20. The van der Waals surface area contributed by atoms with E-state index in [1.54, 1.807) is 0 Å². The molecule has 2 nitrogen and oxygen atoms in total. The van der Waals surface area contributed by atoms with Gasteiger partial charge in [-0.2, -0.15) is 5.26 Å². The van der Waals surface area contributed by atoms with Gasteiger partial charge in [-0.15, -0.1) is 0 Å². The van der Waals surface area contributed by atoms with Crippen LogP contribution in [0.2, 0.25) is 0 Å². The Labute approximate surface area is 88.0 Å². The molecule has 80 valence electrons. The number of hydrogen-bond acceptors (Lipinski definition) is 2. The van der Waals surface area contributed by atoms with Crippen molar-refractivity contribution in [1.82, 2.24) is 5.32 Å². The predicted octanol–water partition coefficient (Wildman–Crippen LogP) is 3.36. The highest BCUT2D eigenvalue weighted by Gasteiger charge is 1.90. The Kier molecular flexibility index (Phi) is 9.41. The predicted molar refractivity (Wildman–Crippen MR) is 60.7 cm³/mol. The monoisotopic (exact) mass is 194 g/mol. The number of nitrogens with zero attached hydrogens (tertiary/aromatic N) is 1. The van der Waals surface area contributed by atoms with Crippen LogP contribution in [0.5, 0.6) is 0 Å². The van der Waals surface area contributed by atoms with Crippen LogP contribution in [-0.4, -0.2) is 6.04 Å². The molecule has 0 saturated heterocycles. The van der Waals surface area contributed by atoms with Crippen LogP contribution in [0.15, 0.2) is 12.3 Å². The van der Waals surface area contributed by atoms with Crippen LogP contribution in [0.4, 0.5) is 0 Å². The third kappa shape index (κ3) is 9.12. The highest BCUT2D eigenvalue weighted by molar-refractivity contribution is 4.91. The Morgan fingerprint density at radius 3 is 2.64 bits per heavy atom. The minimum Gasteiger partial charge on any atom is -0.376 e. The van der Waals surface area contributed by atoms with E-state index >= 15 is 0 Å². The lowest BCUT2D eigenvalue weighted by Crippen LogP contribution is -2.17. The van der Waals surface area contributed by atoms with Gasteiger partial charge in [0.25, 0.3) is 0 Å². The normalized spacial score (nSPS) is 12.6. The Morgan fingerprint density at radius 1 is 1.29 bits per heavy atom. The van der Waals surface area contributed by atoms with Gasteiger partial charge in [-0.05, 0) is 26.0 Å². The van der Waals surface area contributed by atoms with Gasteiger partial charge in [-0.25, -0.2) is 0 Å². The van der Waals surface area contributed by atoms with Gasteiger partial charge in [0.05, 0.1) is 6.07 Å². The van der Waals surface area contributed by atoms with Crippen molar-refractivity contribution in [3.8, 4) is 6.07 Å². The summed E-state index contributed by atoms with van der Waals surface area (Å²) in [7, 11) is 0. The molecule has 0 aromatic rings. The minimum atomic E-state index is -0.0775. The zero-order chi connectivity index (χ0) is 10.6. The van der Waals surface area contributed by atoms with Gasteiger partial charge in [0.15, 0.2) is 0 Å². The van der Waals surface area contributed by atoms with Crippen molar-refractivity contribution >= 4 is 0 Å². The van der Waals surface area contributed by atoms with Crippen molar-refractivity contribution in [2.24, 2.45) is 0 Å². The van der Waals surface area contributed by atoms with E-state index in [0.717, 1.165) is 6.42 Å². The first kappa shape index (κ1) is 13.0. The van der Waals surface area contributed by atoms with Gasteiger partial charge in [-0.1, -0.05) is 38.7 Å². The second-order valence-electron chi connectivity index (χ2n) is 3.62. The fourth-order valence-electron chi connectivity index (χ4n) is 1.20. The lowest BCUT2D eigenvalue weighted by Gasteiger charge is -2.00. The Morgan fingerprint density at radius 2 is 2.00 bits per heavy atom. The molecular formula is C12H22N2. The number of unbranched alkanes of at least 4 members (excludes halogenated alkanes) is 5. The van der Waals surface area contributed by atoms with Crippen LogP contribution in [0.25, 0.3) is 0 Å². The van der Waals surface area contributed by atoms with Crippen molar-refractivity contribution in [2.75, 3.05) is 0 Å². The molecule has 0 aliphatic rings. The SMILES string of the molecule is CCCCCCC/C=C/NC(C)C#N. The molecule has 0 saturated carbocycles. The van der Waals surface area contributed by atoms with E-state index < -0.39 is 0 Å². The average Bonchev–Trinajstić information content (AvgIpc) is 2.21. The Bertz CT molecular complexity index is 179. The first-order chi connectivity index (χ1) is 6.81. The van der Waals surface area contributed by atoms with Gasteiger partial charge in [0.1, 0.15) is 6.04 Å². The zero-order valence-corrected chi connectivity index (χ0v) is 9.42. The maximum absolute atomic E-state index is 8.49. The second-order valence-corrected chi connectivity index (χ2v) is 3.62. The molecule has 1 N–H and O–H groups in total. The molecule has 14 heavy (non-hydrogen) atoms. The average molecular weight is 194 g/mol. The molecule has 0 aliphatic heterocycles. The van der Waals surface area contributed by atoms with Crippen molar-refractivity contribution < 1.29 is 0 Å². The van der Waals surface area contributed by atoms with Crippen molar-refractivity contribution in [1.29, 1.82) is 5.26 Å². The van der Waals surface area contributed by atoms with Crippen LogP contribution in [-0.2, 0) is 0 Å². The second kappa shape index (κ2) is 10.1. The molecule has 0 spiro atoms. The van der Waals surface area contributed by atoms with Crippen molar-refractivity contribution in [3.63, 3.8) is 0 Å². The largest absolute Gasteiger partial charge is 0.376 e. The Balaban J connectivity index is 3.16. The summed E-state index contributed by atoms with van der Waals surface area (Å²) >= 11 is 0. The summed E-state index contributed by atoms with van der Waals surface area (Å²) in [6, 6.07) is 2.04. The summed E-state index contributed by atoms with van der Waals surface area (Å²) in [4.78, 5) is 0. The molecule has 0 aliphatic carbocycles. The quantitative estimate of drug-likeness (QED) is 0.601. The van der Waals surface area contributed by atoms with E-state index in [9.17, 15) is 0 Å². The van der Waals surface area contributed by atoms with Crippen LogP contribution in [0.3, 0.4) is 0 Å². The summed E-state index contributed by atoms with van der Waals surface area (Å²) in [5.74, 6) is 0. The standard InChI is InChI=1S/C12H22N2/c1-3-4-5-6-7-8-9-10-14-12(2)11-13/h9-10,12,14H,3-8H2,1-2H3/b10-9+. The summed E-state index contributed by atoms with van der Waals surface area (Å²) in [5, 5.41) is 11.5. The summed E-state index contributed by atoms with van der Waals surface area (Å²) in [5.41, 5.74) is 0. The molecule has 0 amide bonds. The lowest BCUT2D eigenvalue weighted by atomic mass is 10.1. The Hall–Kier alpha value is -0.970. The van der Waals surface area contributed by atoms with Gasteiger partial charge in [0.2, 0.25) is 0 Å². The van der Waals surface area contributed by atoms with E-state index in [-0.39, 0.29) is 6.04 Å². The van der Waals surface area contributed by atoms with Crippen molar-refractivity contribution in [3.05, 3.63) is 12.3 Å². The van der Waals surface area contributed by atoms with Crippen LogP contribution < -0.4 is 5.32 Å². The number of nitriles is 1. The molecule has 1 atom stereocenters. The van der Waals surface area contributed by atoms with E-state index in [1.807, 2.05) is 13.1 Å². The molecule has 1 unspecified atom stereocenters. The molecule has 0 aromatic carbocycles. The minimum absolute atomic E-state index is 0.0775. The van der Waals surface area contributed by atoms with Crippen LogP contribution in [0.1, 0.15) is 52.4 Å². The maximum atomic E-state index is 8.49. The third-order valence-corrected chi connectivity index (χ3v) is 2.13. The first-order valence-corrected chi connectivity index (χ1v) is 5.62. The van der Waals surface area contributed by atoms with E-state index in [2.05, 4.69) is 24.4 Å². The lowest BCUT2D eigenvalue weighted by molar-refractivity contribution is 0.636. The first-order valence-electron chi connectivity index (χ1n) is 5.62. The van der Waals surface area contributed by atoms with Gasteiger partial charge >= 0.3 is 0 Å². The van der Waals surface area contributed by atoms with Gasteiger partial charge in [0, 0.05) is 0 Å². The van der Waals surface area contributed by atoms with Crippen LogP contribution >= 0.6 is 0 Å². The molecule has 0 bridgehead atoms. The molecule has 0 aromatic heterocycles. The number of hydrogen-bond donors (Lipinski definition) is 1. The molecule has 0 fully saturated rings.